The fourth-order valence-corrected chi connectivity index (χ4v) is 2.16. The summed E-state index contributed by atoms with van der Waals surface area (Å²) in [4.78, 5) is 0. The van der Waals surface area contributed by atoms with Gasteiger partial charge in [0.2, 0.25) is 0 Å². The van der Waals surface area contributed by atoms with Crippen LogP contribution in [0.25, 0.3) is 0 Å². The van der Waals surface area contributed by atoms with Crippen molar-refractivity contribution in [1.29, 1.82) is 0 Å². The molecule has 2 rings (SSSR count). The van der Waals surface area contributed by atoms with Gasteiger partial charge < -0.3 is 10.5 Å². The van der Waals surface area contributed by atoms with Gasteiger partial charge in [-0.2, -0.15) is 0 Å². The van der Waals surface area contributed by atoms with Crippen molar-refractivity contribution in [2.24, 2.45) is 0 Å². The normalized spacial score (nSPS) is 12.1. The summed E-state index contributed by atoms with van der Waals surface area (Å²) >= 11 is 0. The van der Waals surface area contributed by atoms with Gasteiger partial charge in [-0.3, -0.25) is 0 Å². The lowest BCUT2D eigenvalue weighted by Crippen LogP contribution is -2.53. The minimum atomic E-state index is 0.486. The first-order valence-electron chi connectivity index (χ1n) is 6.30. The summed E-state index contributed by atoms with van der Waals surface area (Å²) in [5.74, 6) is 1.39. The summed E-state index contributed by atoms with van der Waals surface area (Å²) in [6.07, 6.45) is 1.03. The lowest BCUT2D eigenvalue weighted by atomic mass is 9.92. The average Bonchev–Trinajstić information content (AvgIpc) is 2.46. The van der Waals surface area contributed by atoms with Gasteiger partial charge in [-0.15, -0.1) is 0 Å². The Bertz CT molecular complexity index is 464. The van der Waals surface area contributed by atoms with Crippen molar-refractivity contribution in [3.63, 3.8) is 0 Å². The lowest BCUT2D eigenvalue weighted by Gasteiger charge is -2.13. The van der Waals surface area contributed by atoms with E-state index in [-0.39, 0.29) is 0 Å². The molecule has 0 amide bonds. The Labute approximate surface area is 108 Å². The maximum Gasteiger partial charge on any atom is 0.118 e. The molecule has 0 fully saturated rings. The van der Waals surface area contributed by atoms with Crippen molar-refractivity contribution in [3.8, 4) is 5.75 Å². The Balaban J connectivity index is 2.10. The molecule has 0 unspecified atom stereocenters. The van der Waals surface area contributed by atoms with Gasteiger partial charge in [-0.25, -0.2) is 0 Å². The van der Waals surface area contributed by atoms with Crippen molar-refractivity contribution in [2.75, 3.05) is 13.7 Å². The van der Waals surface area contributed by atoms with Crippen molar-refractivity contribution >= 4 is 0 Å². The molecule has 0 aliphatic carbocycles. The zero-order chi connectivity index (χ0) is 12.8. The van der Waals surface area contributed by atoms with Gasteiger partial charge in [0, 0.05) is 5.92 Å². The van der Waals surface area contributed by atoms with E-state index in [4.69, 9.17) is 4.74 Å². The fraction of sp³-hybridized carbons (Fsp3) is 0.250. The highest BCUT2D eigenvalue weighted by Crippen LogP contribution is 2.20. The van der Waals surface area contributed by atoms with E-state index in [1.165, 1.54) is 11.1 Å². The zero-order valence-electron chi connectivity index (χ0n) is 10.8. The topological polar surface area (TPSA) is 36.9 Å². The minimum Gasteiger partial charge on any atom is -0.497 e. The van der Waals surface area contributed by atoms with Gasteiger partial charge in [0.15, 0.2) is 0 Å². The van der Waals surface area contributed by atoms with Crippen molar-refractivity contribution in [3.05, 3.63) is 65.7 Å². The van der Waals surface area contributed by atoms with Crippen LogP contribution in [-0.4, -0.2) is 13.7 Å². The maximum atomic E-state index is 5.17. The number of hydrogen-bond donors (Lipinski definition) is 1. The lowest BCUT2D eigenvalue weighted by molar-refractivity contribution is -0.372. The highest BCUT2D eigenvalue weighted by Gasteiger charge is 2.12. The number of hydrogen-bond acceptors (Lipinski definition) is 1. The van der Waals surface area contributed by atoms with E-state index in [1.807, 2.05) is 12.1 Å². The molecule has 2 aromatic rings. The molecule has 1 atom stereocenters. The summed E-state index contributed by atoms with van der Waals surface area (Å²) in [6, 6.07) is 18.9. The molecule has 94 valence electrons. The van der Waals surface area contributed by atoms with Crippen molar-refractivity contribution in [2.45, 2.75) is 12.3 Å². The summed E-state index contributed by atoms with van der Waals surface area (Å²) < 4.78 is 5.17. The first-order chi connectivity index (χ1) is 8.83. The largest absolute Gasteiger partial charge is 0.497 e. The molecule has 0 aliphatic heterocycles. The van der Waals surface area contributed by atoms with Gasteiger partial charge in [-0.05, 0) is 29.7 Å². The molecule has 2 heteroatoms. The maximum absolute atomic E-state index is 5.17. The molecule has 0 aliphatic rings. The van der Waals surface area contributed by atoms with Crippen LogP contribution in [0.5, 0.6) is 5.75 Å². The Morgan fingerprint density at radius 2 is 1.67 bits per heavy atom. The summed E-state index contributed by atoms with van der Waals surface area (Å²) in [6.45, 7) is 0.913. The average molecular weight is 242 g/mol. The van der Waals surface area contributed by atoms with E-state index in [2.05, 4.69) is 48.2 Å². The molecule has 2 nitrogen and oxygen atoms in total. The van der Waals surface area contributed by atoms with Gasteiger partial charge in [-0.1, -0.05) is 42.5 Å². The van der Waals surface area contributed by atoms with Crippen LogP contribution < -0.4 is 10.5 Å². The molecule has 0 bridgehead atoms. The third-order valence-corrected chi connectivity index (χ3v) is 3.26. The molecule has 0 radical (unpaired) electrons. The Kier molecular flexibility index (Phi) is 4.37. The Hall–Kier alpha value is -1.80. The van der Waals surface area contributed by atoms with Crippen LogP contribution in [0, 0.1) is 0 Å². The number of quaternary nitrogens is 1. The number of rotatable bonds is 5. The highest BCUT2D eigenvalue weighted by atomic mass is 16.5. The number of benzene rings is 2. The highest BCUT2D eigenvalue weighted by molar-refractivity contribution is 5.29. The van der Waals surface area contributed by atoms with Gasteiger partial charge in [0.1, 0.15) is 5.75 Å². The smallest absolute Gasteiger partial charge is 0.118 e. The summed E-state index contributed by atoms with van der Waals surface area (Å²) in [7, 11) is 1.69. The van der Waals surface area contributed by atoms with E-state index in [0.717, 1.165) is 18.7 Å². The molecule has 0 saturated carbocycles. The summed E-state index contributed by atoms with van der Waals surface area (Å²) in [5.41, 5.74) is 6.76. The predicted octanol–water partition coefficient (Wildman–Crippen LogP) is 2.26. The van der Waals surface area contributed by atoms with Crippen molar-refractivity contribution < 1.29 is 10.5 Å². The molecule has 2 aromatic carbocycles. The van der Waals surface area contributed by atoms with E-state index in [0.29, 0.717) is 5.92 Å². The van der Waals surface area contributed by atoms with Crippen LogP contribution in [0.3, 0.4) is 0 Å². The third kappa shape index (κ3) is 3.11. The SMILES string of the molecule is COc1ccc(C[C@H](C[NH3+])c2ccccc2)cc1. The predicted molar refractivity (Wildman–Crippen MR) is 73.6 cm³/mol. The Morgan fingerprint density at radius 1 is 1.00 bits per heavy atom. The molecule has 3 N–H and O–H groups in total. The van der Waals surface area contributed by atoms with E-state index >= 15 is 0 Å². The minimum absolute atomic E-state index is 0.486. The number of ether oxygens (including phenoxy) is 1. The molecule has 0 saturated heterocycles. The second-order valence-electron chi connectivity index (χ2n) is 4.45. The molecule has 0 heterocycles. The van der Waals surface area contributed by atoms with E-state index in [1.54, 1.807) is 7.11 Å². The van der Waals surface area contributed by atoms with Crippen LogP contribution >= 0.6 is 0 Å². The first kappa shape index (κ1) is 12.7. The van der Waals surface area contributed by atoms with Crippen LogP contribution in [0.1, 0.15) is 17.0 Å². The monoisotopic (exact) mass is 242 g/mol. The molecule has 0 aromatic heterocycles. The van der Waals surface area contributed by atoms with E-state index in [9.17, 15) is 0 Å². The van der Waals surface area contributed by atoms with Gasteiger partial charge >= 0.3 is 0 Å². The zero-order valence-corrected chi connectivity index (χ0v) is 10.8. The van der Waals surface area contributed by atoms with Crippen LogP contribution in [-0.2, 0) is 6.42 Å². The summed E-state index contributed by atoms with van der Waals surface area (Å²) in [5, 5.41) is 0. The van der Waals surface area contributed by atoms with Crippen molar-refractivity contribution in [1.82, 2.24) is 0 Å². The molecular formula is C16H20NO+. The standard InChI is InChI=1S/C16H19NO/c1-18-16-9-7-13(8-10-16)11-15(12-17)14-5-3-2-4-6-14/h2-10,15H,11-12,17H2,1H3/p+1/t15-/m1/s1. The quantitative estimate of drug-likeness (QED) is 0.858. The molecular weight excluding hydrogens is 222 g/mol. The van der Waals surface area contributed by atoms with Gasteiger partial charge in [0.25, 0.3) is 0 Å². The molecule has 18 heavy (non-hydrogen) atoms. The third-order valence-electron chi connectivity index (χ3n) is 3.26. The second kappa shape index (κ2) is 6.22. The van der Waals surface area contributed by atoms with Crippen LogP contribution in [0.4, 0.5) is 0 Å². The Morgan fingerprint density at radius 3 is 2.22 bits per heavy atom. The second-order valence-corrected chi connectivity index (χ2v) is 4.45. The number of methoxy groups -OCH3 is 1. The van der Waals surface area contributed by atoms with Crippen LogP contribution in [0.15, 0.2) is 54.6 Å². The fourth-order valence-electron chi connectivity index (χ4n) is 2.16. The van der Waals surface area contributed by atoms with E-state index < -0.39 is 0 Å². The molecule has 0 spiro atoms. The first-order valence-corrected chi connectivity index (χ1v) is 6.30. The van der Waals surface area contributed by atoms with Gasteiger partial charge in [0.05, 0.1) is 13.7 Å². The van der Waals surface area contributed by atoms with Crippen LogP contribution in [0.2, 0.25) is 0 Å².